The molecule has 2 aromatic carbocycles. The lowest BCUT2D eigenvalue weighted by molar-refractivity contribution is -0.137. The van der Waals surface area contributed by atoms with Gasteiger partial charge in [-0.05, 0) is 49.2 Å². The Bertz CT molecular complexity index is 1390. The predicted molar refractivity (Wildman–Crippen MR) is 127 cm³/mol. The highest BCUT2D eigenvalue weighted by Gasteiger charge is 2.32. The smallest absolute Gasteiger partial charge is 0.335 e. The fourth-order valence-electron chi connectivity index (χ4n) is 4.86. The van der Waals surface area contributed by atoms with Crippen molar-refractivity contribution in [2.24, 2.45) is 0 Å². The van der Waals surface area contributed by atoms with Crippen molar-refractivity contribution >= 4 is 22.7 Å². The zero-order chi connectivity index (χ0) is 25.4. The largest absolute Gasteiger partial charge is 0.416 e. The van der Waals surface area contributed by atoms with Crippen LogP contribution in [-0.4, -0.2) is 57.3 Å². The molecule has 0 atom stereocenters. The van der Waals surface area contributed by atoms with Crippen LogP contribution in [0, 0.1) is 0 Å². The molecule has 0 aliphatic carbocycles. The molecule has 188 valence electrons. The summed E-state index contributed by atoms with van der Waals surface area (Å²) in [7, 11) is 0. The normalized spacial score (nSPS) is 16.5. The lowest BCUT2D eigenvalue weighted by Crippen LogP contribution is -2.50. The Labute approximate surface area is 205 Å². The summed E-state index contributed by atoms with van der Waals surface area (Å²) in [6.45, 7) is 1.58. The minimum absolute atomic E-state index is 0.0318. The third-order valence-corrected chi connectivity index (χ3v) is 6.85. The summed E-state index contributed by atoms with van der Waals surface area (Å²) in [6, 6.07) is 9.27. The van der Waals surface area contributed by atoms with E-state index in [2.05, 4.69) is 4.98 Å². The van der Waals surface area contributed by atoms with E-state index in [1.807, 2.05) is 0 Å². The van der Waals surface area contributed by atoms with Crippen molar-refractivity contribution in [1.82, 2.24) is 19.4 Å². The number of benzene rings is 2. The molecule has 10 heteroatoms. The maximum Gasteiger partial charge on any atom is 0.416 e. The fraction of sp³-hybridized carbons (Fsp3) is 0.385. The van der Waals surface area contributed by atoms with Crippen LogP contribution in [0.1, 0.15) is 51.4 Å². The molecule has 2 aliphatic heterocycles. The Morgan fingerprint density at radius 3 is 2.14 bits per heavy atom. The van der Waals surface area contributed by atoms with Crippen LogP contribution >= 0.6 is 0 Å². The molecular formula is C26H25F3N4O3. The average Bonchev–Trinajstić information content (AvgIpc) is 3.13. The van der Waals surface area contributed by atoms with E-state index in [0.717, 1.165) is 43.6 Å². The van der Waals surface area contributed by atoms with Crippen LogP contribution in [0.15, 0.2) is 47.3 Å². The van der Waals surface area contributed by atoms with Crippen LogP contribution in [0.5, 0.6) is 0 Å². The van der Waals surface area contributed by atoms with E-state index < -0.39 is 17.6 Å². The minimum atomic E-state index is -4.53. The number of aromatic nitrogens is 2. The van der Waals surface area contributed by atoms with Crippen LogP contribution in [0.25, 0.3) is 10.9 Å². The number of carbonyl (C=O) groups is 2. The number of amides is 2. The fourth-order valence-corrected chi connectivity index (χ4v) is 4.86. The van der Waals surface area contributed by atoms with Crippen molar-refractivity contribution in [2.45, 2.75) is 38.4 Å². The number of fused-ring (bicyclic) bond motifs is 2. The summed E-state index contributed by atoms with van der Waals surface area (Å²) < 4.78 is 40.7. The summed E-state index contributed by atoms with van der Waals surface area (Å²) >= 11 is 0. The van der Waals surface area contributed by atoms with E-state index in [4.69, 9.17) is 0 Å². The zero-order valence-corrected chi connectivity index (χ0v) is 19.6. The monoisotopic (exact) mass is 498 g/mol. The second-order valence-electron chi connectivity index (χ2n) is 9.19. The maximum atomic E-state index is 13.2. The highest BCUT2D eigenvalue weighted by molar-refractivity contribution is 5.98. The number of nitrogens with zero attached hydrogens (tertiary/aromatic N) is 4. The average molecular weight is 499 g/mol. The van der Waals surface area contributed by atoms with Gasteiger partial charge in [-0.2, -0.15) is 13.2 Å². The summed E-state index contributed by atoms with van der Waals surface area (Å²) in [4.78, 5) is 46.6. The van der Waals surface area contributed by atoms with Gasteiger partial charge < -0.3 is 9.80 Å². The molecule has 0 spiro atoms. The first-order valence-corrected chi connectivity index (χ1v) is 12.0. The lowest BCUT2D eigenvalue weighted by atomic mass is 10.1. The number of aryl methyl sites for hydroxylation is 1. The number of halogens is 3. The van der Waals surface area contributed by atoms with E-state index in [9.17, 15) is 27.6 Å². The Morgan fingerprint density at radius 1 is 0.806 bits per heavy atom. The summed E-state index contributed by atoms with van der Waals surface area (Å²) in [5.41, 5.74) is -0.0835. The van der Waals surface area contributed by atoms with Gasteiger partial charge in [-0.3, -0.25) is 19.0 Å². The first-order valence-electron chi connectivity index (χ1n) is 12.0. The van der Waals surface area contributed by atoms with Gasteiger partial charge in [-0.1, -0.05) is 12.5 Å². The third kappa shape index (κ3) is 4.59. The molecule has 1 saturated heterocycles. The molecule has 0 saturated carbocycles. The van der Waals surface area contributed by atoms with Gasteiger partial charge in [0.05, 0.1) is 16.5 Å². The van der Waals surface area contributed by atoms with Crippen LogP contribution < -0.4 is 5.56 Å². The quantitative estimate of drug-likeness (QED) is 0.540. The molecule has 36 heavy (non-hydrogen) atoms. The Balaban J connectivity index is 1.30. The molecule has 2 amide bonds. The number of alkyl halides is 3. The number of rotatable bonds is 2. The molecular weight excluding hydrogens is 473 g/mol. The molecule has 0 radical (unpaired) electrons. The highest BCUT2D eigenvalue weighted by atomic mass is 19.4. The van der Waals surface area contributed by atoms with E-state index in [0.29, 0.717) is 23.0 Å². The van der Waals surface area contributed by atoms with Gasteiger partial charge in [0.25, 0.3) is 17.4 Å². The number of piperazine rings is 1. The topological polar surface area (TPSA) is 75.5 Å². The van der Waals surface area contributed by atoms with Crippen LogP contribution in [0.4, 0.5) is 13.2 Å². The summed E-state index contributed by atoms with van der Waals surface area (Å²) in [5.74, 6) is 0.0144. The van der Waals surface area contributed by atoms with Gasteiger partial charge in [0.15, 0.2) is 0 Å². The summed E-state index contributed by atoms with van der Waals surface area (Å²) in [5, 5.41) is 0.480. The third-order valence-electron chi connectivity index (χ3n) is 6.85. The summed E-state index contributed by atoms with van der Waals surface area (Å²) in [6.07, 6.45) is -0.838. The molecule has 3 heterocycles. The number of hydrogen-bond acceptors (Lipinski definition) is 4. The number of carbonyl (C=O) groups excluding carboxylic acids is 2. The lowest BCUT2D eigenvalue weighted by Gasteiger charge is -2.35. The van der Waals surface area contributed by atoms with Gasteiger partial charge in [-0.15, -0.1) is 0 Å². The maximum absolute atomic E-state index is 13.2. The molecule has 3 aromatic rings. The molecule has 2 aliphatic rings. The Kier molecular flexibility index (Phi) is 6.27. The predicted octanol–water partition coefficient (Wildman–Crippen LogP) is 3.74. The van der Waals surface area contributed by atoms with Crippen molar-refractivity contribution in [3.63, 3.8) is 0 Å². The van der Waals surface area contributed by atoms with Crippen LogP contribution in [0.3, 0.4) is 0 Å². The van der Waals surface area contributed by atoms with Gasteiger partial charge >= 0.3 is 6.18 Å². The van der Waals surface area contributed by atoms with Crippen LogP contribution in [-0.2, 0) is 19.1 Å². The molecule has 1 aromatic heterocycles. The molecule has 0 N–H and O–H groups in total. The van der Waals surface area contributed by atoms with E-state index in [1.165, 1.54) is 17.0 Å². The first kappa shape index (κ1) is 24.0. The van der Waals surface area contributed by atoms with Crippen molar-refractivity contribution in [2.75, 3.05) is 26.2 Å². The van der Waals surface area contributed by atoms with Gasteiger partial charge in [-0.25, -0.2) is 4.98 Å². The molecule has 0 bridgehead atoms. The molecule has 7 nitrogen and oxygen atoms in total. The SMILES string of the molecule is O=C(c1cccc(C(F)(F)F)c1)N1CCN(C(=O)c2ccc3c(=O)n4c(nc3c2)CCCCC4)CC1. The minimum Gasteiger partial charge on any atom is -0.335 e. The second kappa shape index (κ2) is 9.40. The van der Waals surface area contributed by atoms with Crippen molar-refractivity contribution in [1.29, 1.82) is 0 Å². The van der Waals surface area contributed by atoms with Crippen LogP contribution in [0.2, 0.25) is 0 Å². The van der Waals surface area contributed by atoms with E-state index in [1.54, 1.807) is 27.7 Å². The highest BCUT2D eigenvalue weighted by Crippen LogP contribution is 2.30. The first-order chi connectivity index (χ1) is 17.2. The zero-order valence-electron chi connectivity index (χ0n) is 19.6. The van der Waals surface area contributed by atoms with E-state index in [-0.39, 0.29) is 43.2 Å². The second-order valence-corrected chi connectivity index (χ2v) is 9.19. The molecule has 1 fully saturated rings. The number of hydrogen-bond donors (Lipinski definition) is 0. The van der Waals surface area contributed by atoms with Crippen molar-refractivity contribution in [3.05, 3.63) is 75.3 Å². The standard InChI is InChI=1S/C26H25F3N4O3/c27-26(28,29)19-6-4-5-17(15-19)23(34)31-11-13-32(14-12-31)24(35)18-8-9-20-21(16-18)30-22-7-2-1-3-10-33(22)25(20)36/h4-6,8-9,15-16H,1-3,7,10-14H2. The van der Waals surface area contributed by atoms with Crippen molar-refractivity contribution < 1.29 is 22.8 Å². The Hall–Kier alpha value is -3.69. The Morgan fingerprint density at radius 2 is 1.47 bits per heavy atom. The van der Waals surface area contributed by atoms with Gasteiger partial charge in [0.1, 0.15) is 5.82 Å². The van der Waals surface area contributed by atoms with Gasteiger partial charge in [0.2, 0.25) is 0 Å². The van der Waals surface area contributed by atoms with Gasteiger partial charge in [0, 0.05) is 50.3 Å². The molecule has 5 rings (SSSR count). The van der Waals surface area contributed by atoms with E-state index >= 15 is 0 Å². The van der Waals surface area contributed by atoms with Crippen molar-refractivity contribution in [3.8, 4) is 0 Å². The molecule has 0 unspecified atom stereocenters.